The lowest BCUT2D eigenvalue weighted by atomic mass is 9.79. The molecule has 0 N–H and O–H groups in total. The summed E-state index contributed by atoms with van der Waals surface area (Å²) in [6, 6.07) is 46.3. The van der Waals surface area contributed by atoms with Crippen molar-refractivity contribution in [2.45, 2.75) is 39.0 Å². The standard InChI is InChI=1S/C36H34/c1-2-3-4-9-26-32-27-33(28-18-10-5-11-19-28)35(30-22-14-7-15-23-30)36(31-24-16-8-17-25-31)34(32)29-20-12-6-13-21-29/h5-8,10-25,27H,2-4,9,26H2,1H3. The molecular weight excluding hydrogens is 432 g/mol. The predicted molar refractivity (Wildman–Crippen MR) is 156 cm³/mol. The molecule has 5 rings (SSSR count). The lowest BCUT2D eigenvalue weighted by molar-refractivity contribution is 0.667. The van der Waals surface area contributed by atoms with Gasteiger partial charge in [0.2, 0.25) is 0 Å². The van der Waals surface area contributed by atoms with Gasteiger partial charge < -0.3 is 0 Å². The molecule has 0 unspecified atom stereocenters. The van der Waals surface area contributed by atoms with Gasteiger partial charge in [-0.05, 0) is 69.0 Å². The molecule has 0 spiro atoms. The summed E-state index contributed by atoms with van der Waals surface area (Å²) in [7, 11) is 0. The molecule has 5 aromatic carbocycles. The van der Waals surface area contributed by atoms with Crippen molar-refractivity contribution in [3.05, 3.63) is 133 Å². The Hall–Kier alpha value is -3.90. The Labute approximate surface area is 216 Å². The van der Waals surface area contributed by atoms with Crippen LogP contribution < -0.4 is 0 Å². The van der Waals surface area contributed by atoms with Gasteiger partial charge in [-0.25, -0.2) is 0 Å². The number of hydrogen-bond acceptors (Lipinski definition) is 0. The fourth-order valence-corrected chi connectivity index (χ4v) is 5.26. The first kappa shape index (κ1) is 23.8. The normalized spacial score (nSPS) is 10.9. The second-order valence-electron chi connectivity index (χ2n) is 9.48. The largest absolute Gasteiger partial charge is 0.0654 e. The van der Waals surface area contributed by atoms with Crippen LogP contribution in [0.1, 0.15) is 38.2 Å². The van der Waals surface area contributed by atoms with Gasteiger partial charge in [0, 0.05) is 0 Å². The van der Waals surface area contributed by atoms with Crippen LogP contribution in [0.15, 0.2) is 127 Å². The molecule has 0 bridgehead atoms. The Morgan fingerprint density at radius 1 is 0.417 bits per heavy atom. The maximum absolute atomic E-state index is 2.48. The first-order valence-electron chi connectivity index (χ1n) is 13.3. The van der Waals surface area contributed by atoms with E-state index in [-0.39, 0.29) is 0 Å². The van der Waals surface area contributed by atoms with Crippen molar-refractivity contribution in [3.8, 4) is 44.5 Å². The predicted octanol–water partition coefficient (Wildman–Crippen LogP) is 10.5. The van der Waals surface area contributed by atoms with Crippen molar-refractivity contribution in [1.29, 1.82) is 0 Å². The highest BCUT2D eigenvalue weighted by atomic mass is 14.3. The SMILES string of the molecule is CCCCCCc1cc(-c2ccccc2)c(-c2ccccc2)c(-c2ccccc2)c1-c1ccccc1. The van der Waals surface area contributed by atoms with Crippen molar-refractivity contribution in [2.24, 2.45) is 0 Å². The maximum atomic E-state index is 2.48. The Balaban J connectivity index is 1.88. The van der Waals surface area contributed by atoms with Crippen molar-refractivity contribution >= 4 is 0 Å². The summed E-state index contributed by atoms with van der Waals surface area (Å²) in [6.45, 7) is 2.28. The van der Waals surface area contributed by atoms with Crippen molar-refractivity contribution in [2.75, 3.05) is 0 Å². The molecule has 0 heteroatoms. The molecule has 0 saturated heterocycles. The monoisotopic (exact) mass is 466 g/mol. The molecule has 0 amide bonds. The molecule has 0 aliphatic carbocycles. The first-order chi connectivity index (χ1) is 17.9. The number of hydrogen-bond donors (Lipinski definition) is 0. The average Bonchev–Trinajstić information content (AvgIpc) is 2.96. The second kappa shape index (κ2) is 11.7. The van der Waals surface area contributed by atoms with Crippen LogP contribution in [0.3, 0.4) is 0 Å². The Bertz CT molecular complexity index is 1370. The Morgan fingerprint density at radius 3 is 1.36 bits per heavy atom. The van der Waals surface area contributed by atoms with Gasteiger partial charge >= 0.3 is 0 Å². The highest BCUT2D eigenvalue weighted by Crippen LogP contribution is 2.47. The van der Waals surface area contributed by atoms with Crippen LogP contribution in [0.5, 0.6) is 0 Å². The number of aryl methyl sites for hydroxylation is 1. The van der Waals surface area contributed by atoms with Crippen LogP contribution >= 0.6 is 0 Å². The first-order valence-corrected chi connectivity index (χ1v) is 13.3. The van der Waals surface area contributed by atoms with E-state index in [0.29, 0.717) is 0 Å². The number of unbranched alkanes of at least 4 members (excludes halogenated alkanes) is 3. The molecule has 0 radical (unpaired) electrons. The molecule has 0 saturated carbocycles. The van der Waals surface area contributed by atoms with Gasteiger partial charge in [-0.1, -0.05) is 148 Å². The molecular formula is C36H34. The van der Waals surface area contributed by atoms with Crippen LogP contribution in [0, 0.1) is 0 Å². The van der Waals surface area contributed by atoms with E-state index in [4.69, 9.17) is 0 Å². The van der Waals surface area contributed by atoms with Crippen LogP contribution in [0.25, 0.3) is 44.5 Å². The van der Waals surface area contributed by atoms with Gasteiger partial charge in [0.05, 0.1) is 0 Å². The fourth-order valence-electron chi connectivity index (χ4n) is 5.26. The lowest BCUT2D eigenvalue weighted by Gasteiger charge is -2.24. The molecule has 0 aromatic heterocycles. The van der Waals surface area contributed by atoms with Crippen molar-refractivity contribution in [1.82, 2.24) is 0 Å². The van der Waals surface area contributed by atoms with Crippen LogP contribution in [0.2, 0.25) is 0 Å². The van der Waals surface area contributed by atoms with Gasteiger partial charge in [0.1, 0.15) is 0 Å². The Kier molecular flexibility index (Phi) is 7.73. The summed E-state index contributed by atoms with van der Waals surface area (Å²) < 4.78 is 0. The minimum Gasteiger partial charge on any atom is -0.0654 e. The summed E-state index contributed by atoms with van der Waals surface area (Å²) in [5.74, 6) is 0. The highest BCUT2D eigenvalue weighted by molar-refractivity contribution is 6.02. The van der Waals surface area contributed by atoms with E-state index in [2.05, 4.69) is 134 Å². The molecule has 0 atom stereocenters. The summed E-state index contributed by atoms with van der Waals surface area (Å²) in [6.07, 6.45) is 6.11. The molecule has 36 heavy (non-hydrogen) atoms. The zero-order chi connectivity index (χ0) is 24.6. The third-order valence-corrected chi connectivity index (χ3v) is 6.98. The summed E-state index contributed by atoms with van der Waals surface area (Å²) in [4.78, 5) is 0. The summed E-state index contributed by atoms with van der Waals surface area (Å²) in [5, 5.41) is 0. The van der Waals surface area contributed by atoms with Gasteiger partial charge in [0.25, 0.3) is 0 Å². The smallest absolute Gasteiger partial charge is 0.00178 e. The number of benzene rings is 5. The van der Waals surface area contributed by atoms with E-state index in [1.807, 2.05) is 0 Å². The van der Waals surface area contributed by atoms with Crippen LogP contribution in [0.4, 0.5) is 0 Å². The minimum absolute atomic E-state index is 1.08. The minimum atomic E-state index is 1.08. The fraction of sp³-hybridized carbons (Fsp3) is 0.167. The average molecular weight is 467 g/mol. The van der Waals surface area contributed by atoms with E-state index in [1.165, 1.54) is 75.8 Å². The van der Waals surface area contributed by atoms with Crippen LogP contribution in [-0.4, -0.2) is 0 Å². The van der Waals surface area contributed by atoms with E-state index in [1.54, 1.807) is 0 Å². The highest BCUT2D eigenvalue weighted by Gasteiger charge is 2.22. The van der Waals surface area contributed by atoms with Gasteiger partial charge in [-0.2, -0.15) is 0 Å². The third kappa shape index (κ3) is 5.19. The van der Waals surface area contributed by atoms with E-state index in [0.717, 1.165) is 6.42 Å². The Morgan fingerprint density at radius 2 is 0.861 bits per heavy atom. The molecule has 0 aliphatic rings. The van der Waals surface area contributed by atoms with Crippen LogP contribution in [-0.2, 0) is 6.42 Å². The lowest BCUT2D eigenvalue weighted by Crippen LogP contribution is -2.00. The molecule has 0 aliphatic heterocycles. The quantitative estimate of drug-likeness (QED) is 0.189. The molecule has 5 aromatic rings. The summed E-state index contributed by atoms with van der Waals surface area (Å²) >= 11 is 0. The molecule has 0 nitrogen and oxygen atoms in total. The van der Waals surface area contributed by atoms with E-state index in [9.17, 15) is 0 Å². The molecule has 0 fully saturated rings. The van der Waals surface area contributed by atoms with Crippen molar-refractivity contribution in [3.63, 3.8) is 0 Å². The maximum Gasteiger partial charge on any atom is -0.00178 e. The molecule has 178 valence electrons. The molecule has 0 heterocycles. The number of rotatable bonds is 9. The second-order valence-corrected chi connectivity index (χ2v) is 9.48. The van der Waals surface area contributed by atoms with Gasteiger partial charge in [0.15, 0.2) is 0 Å². The third-order valence-electron chi connectivity index (χ3n) is 6.98. The summed E-state index contributed by atoms with van der Waals surface area (Å²) in [5.41, 5.74) is 11.8. The van der Waals surface area contributed by atoms with Gasteiger partial charge in [-0.15, -0.1) is 0 Å². The zero-order valence-corrected chi connectivity index (χ0v) is 21.2. The van der Waals surface area contributed by atoms with E-state index >= 15 is 0 Å². The topological polar surface area (TPSA) is 0 Å². The van der Waals surface area contributed by atoms with Gasteiger partial charge in [-0.3, -0.25) is 0 Å². The van der Waals surface area contributed by atoms with Crippen molar-refractivity contribution < 1.29 is 0 Å². The zero-order valence-electron chi connectivity index (χ0n) is 21.2. The van der Waals surface area contributed by atoms with E-state index < -0.39 is 0 Å².